The van der Waals surface area contributed by atoms with Crippen LogP contribution in [-0.4, -0.2) is 35.7 Å². The molecule has 1 N–H and O–H groups in total. The summed E-state index contributed by atoms with van der Waals surface area (Å²) in [6, 6.07) is 10.6. The second-order valence-corrected chi connectivity index (χ2v) is 6.72. The van der Waals surface area contributed by atoms with Crippen molar-refractivity contribution in [3.63, 3.8) is 0 Å². The highest BCUT2D eigenvalue weighted by molar-refractivity contribution is 5.49. The van der Waals surface area contributed by atoms with E-state index in [4.69, 9.17) is 4.74 Å². The Morgan fingerprint density at radius 1 is 1.38 bits per heavy atom. The number of nitrogens with one attached hydrogen (secondary N) is 1. The van der Waals surface area contributed by atoms with Crippen molar-refractivity contribution in [2.24, 2.45) is 0 Å². The average molecular weight is 288 g/mol. The van der Waals surface area contributed by atoms with E-state index in [1.54, 1.807) is 0 Å². The van der Waals surface area contributed by atoms with E-state index in [1.165, 1.54) is 31.5 Å². The topological polar surface area (TPSA) is 24.5 Å². The van der Waals surface area contributed by atoms with Crippen molar-refractivity contribution < 1.29 is 4.74 Å². The summed E-state index contributed by atoms with van der Waals surface area (Å²) in [6.45, 7) is 7.82. The van der Waals surface area contributed by atoms with Crippen molar-refractivity contribution in [3.8, 4) is 5.75 Å². The van der Waals surface area contributed by atoms with Crippen LogP contribution in [-0.2, 0) is 0 Å². The van der Waals surface area contributed by atoms with Crippen molar-refractivity contribution in [2.45, 2.75) is 70.7 Å². The lowest BCUT2D eigenvalue weighted by atomic mass is 10.2. The molecule has 0 amide bonds. The first-order chi connectivity index (χ1) is 10.2. The summed E-state index contributed by atoms with van der Waals surface area (Å²) < 4.78 is 5.91. The molecule has 0 aromatic heterocycles. The molecule has 0 spiro atoms. The summed E-state index contributed by atoms with van der Waals surface area (Å²) >= 11 is 0. The van der Waals surface area contributed by atoms with Gasteiger partial charge >= 0.3 is 0 Å². The highest BCUT2D eigenvalue weighted by Gasteiger charge is 2.38. The summed E-state index contributed by atoms with van der Waals surface area (Å²) in [5.41, 5.74) is 1.19. The van der Waals surface area contributed by atoms with Crippen molar-refractivity contribution in [2.75, 3.05) is 11.9 Å². The SMILES string of the molecule is CCC(C)Oc1cccc(NC2CC(C)N(C3CC3)C2)c1. The van der Waals surface area contributed by atoms with Gasteiger partial charge in [0.15, 0.2) is 0 Å². The lowest BCUT2D eigenvalue weighted by molar-refractivity contribution is 0.217. The van der Waals surface area contributed by atoms with Crippen molar-refractivity contribution in [3.05, 3.63) is 24.3 Å². The van der Waals surface area contributed by atoms with Crippen LogP contribution in [0.25, 0.3) is 0 Å². The molecule has 1 aliphatic heterocycles. The predicted octanol–water partition coefficient (Wildman–Crippen LogP) is 3.90. The maximum absolute atomic E-state index is 5.91. The molecule has 21 heavy (non-hydrogen) atoms. The molecule has 1 heterocycles. The first-order valence-electron chi connectivity index (χ1n) is 8.44. The van der Waals surface area contributed by atoms with Gasteiger partial charge in [-0.3, -0.25) is 4.90 Å². The minimum absolute atomic E-state index is 0.275. The Balaban J connectivity index is 1.58. The van der Waals surface area contributed by atoms with E-state index >= 15 is 0 Å². The first kappa shape index (κ1) is 14.7. The summed E-state index contributed by atoms with van der Waals surface area (Å²) in [4.78, 5) is 2.68. The summed E-state index contributed by atoms with van der Waals surface area (Å²) in [5.74, 6) is 0.972. The molecule has 1 saturated heterocycles. The second kappa shape index (κ2) is 6.27. The van der Waals surface area contributed by atoms with Crippen molar-refractivity contribution >= 4 is 5.69 Å². The van der Waals surface area contributed by atoms with Gasteiger partial charge in [-0.2, -0.15) is 0 Å². The second-order valence-electron chi connectivity index (χ2n) is 6.72. The van der Waals surface area contributed by atoms with E-state index in [1.807, 2.05) is 6.07 Å². The standard InChI is InChI=1S/C18H28N2O/c1-4-14(3)21-18-7-5-6-15(11-18)19-16-10-13(2)20(12-16)17-8-9-17/h5-7,11,13-14,16-17,19H,4,8-10,12H2,1-3H3. The summed E-state index contributed by atoms with van der Waals surface area (Å²) in [6.07, 6.45) is 5.35. The zero-order chi connectivity index (χ0) is 14.8. The number of hydrogen-bond donors (Lipinski definition) is 1. The average Bonchev–Trinajstić information content (AvgIpc) is 3.24. The molecule has 116 valence electrons. The van der Waals surface area contributed by atoms with Crippen LogP contribution < -0.4 is 10.1 Å². The molecule has 1 aromatic carbocycles. The van der Waals surface area contributed by atoms with Crippen LogP contribution >= 0.6 is 0 Å². The molecular weight excluding hydrogens is 260 g/mol. The number of anilines is 1. The highest BCUT2D eigenvalue weighted by atomic mass is 16.5. The van der Waals surface area contributed by atoms with Crippen LogP contribution in [0.4, 0.5) is 5.69 Å². The van der Waals surface area contributed by atoms with Gasteiger partial charge in [-0.1, -0.05) is 13.0 Å². The Labute approximate surface area is 128 Å². The zero-order valence-corrected chi connectivity index (χ0v) is 13.5. The molecule has 3 rings (SSSR count). The molecule has 1 saturated carbocycles. The molecular formula is C18H28N2O. The predicted molar refractivity (Wildman–Crippen MR) is 88.0 cm³/mol. The maximum atomic E-state index is 5.91. The lowest BCUT2D eigenvalue weighted by Gasteiger charge is -2.20. The Morgan fingerprint density at radius 3 is 2.90 bits per heavy atom. The van der Waals surface area contributed by atoms with Gasteiger partial charge < -0.3 is 10.1 Å². The van der Waals surface area contributed by atoms with Gasteiger partial charge in [0.05, 0.1) is 6.10 Å². The fourth-order valence-electron chi connectivity index (χ4n) is 3.29. The van der Waals surface area contributed by atoms with Crippen LogP contribution in [0, 0.1) is 0 Å². The molecule has 3 atom stereocenters. The van der Waals surface area contributed by atoms with Gasteiger partial charge in [0.25, 0.3) is 0 Å². The van der Waals surface area contributed by atoms with Gasteiger partial charge in [0.2, 0.25) is 0 Å². The number of rotatable bonds is 6. The molecule has 3 heteroatoms. The van der Waals surface area contributed by atoms with Gasteiger partial charge in [-0.05, 0) is 51.7 Å². The number of benzene rings is 1. The third-order valence-electron chi connectivity index (χ3n) is 4.76. The van der Waals surface area contributed by atoms with Crippen LogP contribution in [0.15, 0.2) is 24.3 Å². The quantitative estimate of drug-likeness (QED) is 0.859. The third kappa shape index (κ3) is 3.70. The fraction of sp³-hybridized carbons (Fsp3) is 0.667. The van der Waals surface area contributed by atoms with Gasteiger partial charge in [0.1, 0.15) is 5.75 Å². The van der Waals surface area contributed by atoms with Crippen LogP contribution in [0.2, 0.25) is 0 Å². The Hall–Kier alpha value is -1.22. The molecule has 3 nitrogen and oxygen atoms in total. The molecule has 3 unspecified atom stereocenters. The first-order valence-corrected chi connectivity index (χ1v) is 8.44. The van der Waals surface area contributed by atoms with Gasteiger partial charge in [-0.15, -0.1) is 0 Å². The van der Waals surface area contributed by atoms with Crippen LogP contribution in [0.5, 0.6) is 5.75 Å². The third-order valence-corrected chi connectivity index (χ3v) is 4.76. The van der Waals surface area contributed by atoms with Crippen molar-refractivity contribution in [1.29, 1.82) is 0 Å². The molecule has 0 bridgehead atoms. The van der Waals surface area contributed by atoms with E-state index in [9.17, 15) is 0 Å². The molecule has 0 radical (unpaired) electrons. The zero-order valence-electron chi connectivity index (χ0n) is 13.5. The van der Waals surface area contributed by atoms with E-state index in [0.717, 1.165) is 24.3 Å². The fourth-order valence-corrected chi connectivity index (χ4v) is 3.29. The molecule has 2 aliphatic rings. The van der Waals surface area contributed by atoms with Gasteiger partial charge in [0, 0.05) is 36.4 Å². The van der Waals surface area contributed by atoms with E-state index in [2.05, 4.69) is 49.2 Å². The normalized spacial score (nSPS) is 27.6. The maximum Gasteiger partial charge on any atom is 0.121 e. The Morgan fingerprint density at radius 2 is 2.19 bits per heavy atom. The minimum Gasteiger partial charge on any atom is -0.491 e. The molecule has 1 aliphatic carbocycles. The number of hydrogen-bond acceptors (Lipinski definition) is 3. The molecule has 2 fully saturated rings. The van der Waals surface area contributed by atoms with Gasteiger partial charge in [-0.25, -0.2) is 0 Å². The number of likely N-dealkylation sites (tertiary alicyclic amines) is 1. The Bertz CT molecular complexity index is 472. The largest absolute Gasteiger partial charge is 0.491 e. The van der Waals surface area contributed by atoms with Crippen molar-refractivity contribution in [1.82, 2.24) is 4.90 Å². The summed E-state index contributed by atoms with van der Waals surface area (Å²) in [7, 11) is 0. The lowest BCUT2D eigenvalue weighted by Crippen LogP contribution is -2.31. The summed E-state index contributed by atoms with van der Waals surface area (Å²) in [5, 5.41) is 3.69. The minimum atomic E-state index is 0.275. The highest BCUT2D eigenvalue weighted by Crippen LogP contribution is 2.34. The molecule has 1 aromatic rings. The van der Waals surface area contributed by atoms with E-state index in [0.29, 0.717) is 6.04 Å². The monoisotopic (exact) mass is 288 g/mol. The van der Waals surface area contributed by atoms with E-state index < -0.39 is 0 Å². The van der Waals surface area contributed by atoms with E-state index in [-0.39, 0.29) is 6.10 Å². The van der Waals surface area contributed by atoms with Crippen LogP contribution in [0.3, 0.4) is 0 Å². The number of ether oxygens (including phenoxy) is 1. The van der Waals surface area contributed by atoms with Crippen LogP contribution in [0.1, 0.15) is 46.5 Å². The Kier molecular flexibility index (Phi) is 4.39. The smallest absolute Gasteiger partial charge is 0.121 e. The number of nitrogens with zero attached hydrogens (tertiary/aromatic N) is 1.